The van der Waals surface area contributed by atoms with Crippen LogP contribution >= 0.6 is 7.37 Å². The highest BCUT2D eigenvalue weighted by Crippen LogP contribution is 2.56. The van der Waals surface area contributed by atoms with Crippen molar-refractivity contribution in [2.24, 2.45) is 5.73 Å². The molecule has 0 saturated heterocycles. The molecule has 0 spiro atoms. The minimum Gasteiger partial charge on any atom is -0.500 e. The van der Waals surface area contributed by atoms with Gasteiger partial charge in [0.05, 0.1) is 11.5 Å². The molecule has 0 aliphatic carbocycles. The molecule has 0 saturated carbocycles. The molecule has 0 aliphatic rings. The zero-order chi connectivity index (χ0) is 19.4. The van der Waals surface area contributed by atoms with Crippen molar-refractivity contribution < 1.29 is 39.2 Å². The number of phenols is 1. The molecule has 140 valence electrons. The minimum absolute atomic E-state index is 0.0501. The maximum atomic E-state index is 12.3. The number of carboxylic acid groups (broad SMARTS) is 1. The molecule has 0 aromatic heterocycles. The summed E-state index contributed by atoms with van der Waals surface area (Å²) < 4.78 is 17.3. The third-order valence-corrected chi connectivity index (χ3v) is 5.29. The summed E-state index contributed by atoms with van der Waals surface area (Å²) in [5, 5.41) is 39.6. The number of carboxylic acids is 1. The molecule has 1 rings (SSSR count). The highest BCUT2D eigenvalue weighted by atomic mass is 31.2. The lowest BCUT2D eigenvalue weighted by Crippen LogP contribution is -2.31. The van der Waals surface area contributed by atoms with Crippen LogP contribution in [0.3, 0.4) is 0 Å². The van der Waals surface area contributed by atoms with E-state index in [2.05, 4.69) is 0 Å². The Labute approximate surface area is 142 Å². The summed E-state index contributed by atoms with van der Waals surface area (Å²) >= 11 is 0. The molecule has 0 amide bonds. The van der Waals surface area contributed by atoms with Gasteiger partial charge in [0, 0.05) is 17.8 Å². The molecule has 0 radical (unpaired) electrons. The first-order chi connectivity index (χ1) is 11.5. The summed E-state index contributed by atoms with van der Waals surface area (Å²) in [7, 11) is -4.35. The second kappa shape index (κ2) is 8.26. The van der Waals surface area contributed by atoms with E-state index in [1.54, 1.807) is 6.92 Å². The zero-order valence-corrected chi connectivity index (χ0v) is 14.1. The van der Waals surface area contributed by atoms with E-state index in [4.69, 9.17) is 15.6 Å². The number of nitrogens with two attached hydrogens (primary N) is 1. The van der Waals surface area contributed by atoms with Crippen molar-refractivity contribution in [1.82, 2.24) is 0 Å². The van der Waals surface area contributed by atoms with E-state index in [0.29, 0.717) is 0 Å². The quantitative estimate of drug-likeness (QED) is 0.232. The number of phenolic OH excluding ortho intramolecular Hbond substituents is 1. The van der Waals surface area contributed by atoms with Crippen molar-refractivity contribution in [2.75, 3.05) is 12.8 Å². The molecule has 1 unspecified atom stereocenters. The van der Waals surface area contributed by atoms with Gasteiger partial charge in [-0.3, -0.25) is 19.5 Å². The number of aliphatic carboxylic acids is 1. The van der Waals surface area contributed by atoms with Gasteiger partial charge in [0.1, 0.15) is 6.04 Å². The van der Waals surface area contributed by atoms with Gasteiger partial charge in [-0.15, -0.1) is 0 Å². The monoisotopic (exact) mass is 378 g/mol. The number of nitrogens with zero attached hydrogens (tertiary/aromatic N) is 1. The molecule has 25 heavy (non-hydrogen) atoms. The third-order valence-electron chi connectivity index (χ3n) is 3.33. The molecule has 1 aromatic rings. The number of aliphatic hydroxyl groups excluding tert-OH is 1. The number of ether oxygens (including phenoxy) is 1. The van der Waals surface area contributed by atoms with Crippen LogP contribution in [0.4, 0.5) is 5.69 Å². The topological polar surface area (TPSA) is 193 Å². The van der Waals surface area contributed by atoms with Gasteiger partial charge < -0.3 is 30.7 Å². The molecule has 0 bridgehead atoms. The molecular formula is C13H19N2O9P. The lowest BCUT2D eigenvalue weighted by Gasteiger charge is -2.20. The van der Waals surface area contributed by atoms with E-state index in [0.717, 1.165) is 12.1 Å². The Morgan fingerprint density at radius 3 is 2.56 bits per heavy atom. The predicted octanol–water partition coefficient (Wildman–Crippen LogP) is 0.762. The summed E-state index contributed by atoms with van der Waals surface area (Å²) in [5.41, 5.74) is 4.13. The Bertz CT molecular complexity index is 709. The van der Waals surface area contributed by atoms with Crippen LogP contribution in [0.1, 0.15) is 24.8 Å². The van der Waals surface area contributed by atoms with Crippen LogP contribution < -0.4 is 10.5 Å². The third kappa shape index (κ3) is 5.13. The molecule has 3 atom stereocenters. The molecule has 6 N–H and O–H groups in total. The second-order valence-corrected chi connectivity index (χ2v) is 7.61. The van der Waals surface area contributed by atoms with Gasteiger partial charge in [0.2, 0.25) is 13.1 Å². The highest BCUT2D eigenvalue weighted by Gasteiger charge is 2.34. The Morgan fingerprint density at radius 1 is 1.48 bits per heavy atom. The number of aromatic hydroxyl groups is 1. The molecule has 0 aliphatic heterocycles. The van der Waals surface area contributed by atoms with Crippen LogP contribution in [0.2, 0.25) is 0 Å². The van der Waals surface area contributed by atoms with E-state index >= 15 is 0 Å². The first-order valence-corrected chi connectivity index (χ1v) is 9.04. The second-order valence-electron chi connectivity index (χ2n) is 5.16. The average molecular weight is 378 g/mol. The fourth-order valence-corrected chi connectivity index (χ4v) is 3.48. The Kier molecular flexibility index (Phi) is 6.88. The normalized spacial score (nSPS) is 15.8. The van der Waals surface area contributed by atoms with Crippen LogP contribution in [0.5, 0.6) is 11.5 Å². The molecule has 12 heteroatoms. The van der Waals surface area contributed by atoms with Gasteiger partial charge in [0.15, 0.2) is 11.6 Å². The van der Waals surface area contributed by atoms with E-state index in [1.165, 1.54) is 0 Å². The standard InChI is InChI=1S/C13H19N2O9P/c1-2-24-10-6-7(5-9(11(10)16)15(20)21)13(19)25(22,23)4-3-8(14)12(17)18/h5-6,8,13,16,19H,2-4,14H2,1H3,(H,17,18)(H,22,23)/t8-,13-/m0/s1. The van der Waals surface area contributed by atoms with Crippen molar-refractivity contribution in [3.63, 3.8) is 0 Å². The van der Waals surface area contributed by atoms with E-state index in [-0.39, 0.29) is 24.3 Å². The fraction of sp³-hybridized carbons (Fsp3) is 0.462. The van der Waals surface area contributed by atoms with Gasteiger partial charge in [-0.25, -0.2) is 0 Å². The van der Waals surface area contributed by atoms with E-state index < -0.39 is 47.7 Å². The number of aliphatic hydroxyl groups is 1. The number of nitro benzene ring substituents is 1. The first-order valence-electron chi connectivity index (χ1n) is 7.13. The largest absolute Gasteiger partial charge is 0.500 e. The number of carbonyl (C=O) groups is 1. The highest BCUT2D eigenvalue weighted by molar-refractivity contribution is 7.58. The SMILES string of the molecule is CCOc1cc([C@@H](O)P(=O)(O)CC[C@H](N)C(=O)O)cc([N+](=O)[O-])c1O. The number of benzene rings is 1. The number of hydrogen-bond donors (Lipinski definition) is 5. The smallest absolute Gasteiger partial charge is 0.320 e. The maximum absolute atomic E-state index is 12.3. The molecule has 0 fully saturated rings. The van der Waals surface area contributed by atoms with Crippen LogP contribution in [-0.2, 0) is 9.36 Å². The molecule has 1 aromatic carbocycles. The molecule has 0 heterocycles. The van der Waals surface area contributed by atoms with Crippen molar-refractivity contribution in [3.8, 4) is 11.5 Å². The summed E-state index contributed by atoms with van der Waals surface area (Å²) in [4.78, 5) is 30.7. The average Bonchev–Trinajstić information content (AvgIpc) is 2.53. The molecular weight excluding hydrogens is 359 g/mol. The van der Waals surface area contributed by atoms with Gasteiger partial charge in [-0.05, 0) is 19.4 Å². The van der Waals surface area contributed by atoms with Crippen molar-refractivity contribution >= 4 is 19.0 Å². The lowest BCUT2D eigenvalue weighted by atomic mass is 10.1. The van der Waals surface area contributed by atoms with Gasteiger partial charge in [0.25, 0.3) is 0 Å². The lowest BCUT2D eigenvalue weighted by molar-refractivity contribution is -0.386. The summed E-state index contributed by atoms with van der Waals surface area (Å²) in [6, 6.07) is 0.375. The van der Waals surface area contributed by atoms with Crippen molar-refractivity contribution in [3.05, 3.63) is 27.8 Å². The number of hydrogen-bond acceptors (Lipinski definition) is 8. The summed E-state index contributed by atoms with van der Waals surface area (Å²) in [5.74, 6) is -4.50. The first kappa shape index (κ1) is 20.8. The van der Waals surface area contributed by atoms with E-state index in [1.807, 2.05) is 0 Å². The maximum Gasteiger partial charge on any atom is 0.320 e. The van der Waals surface area contributed by atoms with Crippen LogP contribution in [0.15, 0.2) is 12.1 Å². The Hall–Kier alpha value is -2.20. The van der Waals surface area contributed by atoms with Crippen LogP contribution in [0, 0.1) is 10.1 Å². The van der Waals surface area contributed by atoms with E-state index in [9.17, 15) is 34.6 Å². The summed E-state index contributed by atoms with van der Waals surface area (Å²) in [6.07, 6.45) is -0.987. The van der Waals surface area contributed by atoms with Crippen LogP contribution in [0.25, 0.3) is 0 Å². The summed E-state index contributed by atoms with van der Waals surface area (Å²) in [6.45, 7) is 1.60. The Balaban J connectivity index is 3.18. The number of nitro groups is 1. The van der Waals surface area contributed by atoms with Gasteiger partial charge in [-0.2, -0.15) is 0 Å². The number of rotatable bonds is 9. The van der Waals surface area contributed by atoms with Crippen molar-refractivity contribution in [1.29, 1.82) is 0 Å². The van der Waals surface area contributed by atoms with Gasteiger partial charge >= 0.3 is 11.7 Å². The fourth-order valence-electron chi connectivity index (χ4n) is 1.97. The zero-order valence-electron chi connectivity index (χ0n) is 13.2. The van der Waals surface area contributed by atoms with Gasteiger partial charge in [-0.1, -0.05) is 0 Å². The minimum atomic E-state index is -4.35. The van der Waals surface area contributed by atoms with Crippen molar-refractivity contribution in [2.45, 2.75) is 25.2 Å². The predicted molar refractivity (Wildman–Crippen MR) is 85.8 cm³/mol. The Morgan fingerprint density at radius 2 is 2.08 bits per heavy atom. The molecule has 11 nitrogen and oxygen atoms in total. The van der Waals surface area contributed by atoms with Crippen LogP contribution in [-0.4, -0.2) is 49.9 Å².